The Labute approximate surface area is 153 Å². The lowest BCUT2D eigenvalue weighted by Crippen LogP contribution is -2.32. The topological polar surface area (TPSA) is 50.8 Å². The molecule has 2 aliphatic rings. The number of rotatable bonds is 4. The van der Waals surface area contributed by atoms with Crippen LogP contribution < -0.4 is 14.8 Å². The molecule has 1 N–H and O–H groups in total. The van der Waals surface area contributed by atoms with Gasteiger partial charge in [-0.3, -0.25) is 9.69 Å². The molecule has 0 saturated carbocycles. The number of likely N-dealkylation sites (tertiary alicyclic amines) is 1. The molecule has 1 saturated heterocycles. The molecule has 0 unspecified atom stereocenters. The van der Waals surface area contributed by atoms with Gasteiger partial charge in [-0.25, -0.2) is 0 Å². The van der Waals surface area contributed by atoms with Gasteiger partial charge in [0.25, 0.3) is 5.91 Å². The van der Waals surface area contributed by atoms with Gasteiger partial charge < -0.3 is 14.8 Å². The average molecular weight is 352 g/mol. The number of benzene rings is 2. The number of carbonyl (C=O) groups is 1. The zero-order valence-electron chi connectivity index (χ0n) is 15.0. The molecule has 0 bridgehead atoms. The molecule has 2 aliphatic heterocycles. The fourth-order valence-corrected chi connectivity index (χ4v) is 3.48. The molecule has 0 radical (unpaired) electrons. The maximum Gasteiger partial charge on any atom is 0.259 e. The van der Waals surface area contributed by atoms with Gasteiger partial charge in [-0.15, -0.1) is 0 Å². The summed E-state index contributed by atoms with van der Waals surface area (Å²) in [5, 5.41) is 2.94. The van der Waals surface area contributed by atoms with Crippen molar-refractivity contribution in [2.75, 3.05) is 25.2 Å². The number of ether oxygens (including phenoxy) is 2. The van der Waals surface area contributed by atoms with Crippen LogP contribution in [0.25, 0.3) is 0 Å². The van der Waals surface area contributed by atoms with Gasteiger partial charge in [-0.1, -0.05) is 25.1 Å². The van der Waals surface area contributed by atoms with Crippen LogP contribution in [0.15, 0.2) is 42.5 Å². The number of carbonyl (C=O) groups excluding carboxylic acids is 1. The van der Waals surface area contributed by atoms with Crippen molar-refractivity contribution in [2.24, 2.45) is 5.92 Å². The molecular formula is C21H24N2O3. The van der Waals surface area contributed by atoms with Crippen LogP contribution in [0.4, 0.5) is 5.69 Å². The second-order valence-electron chi connectivity index (χ2n) is 7.15. The van der Waals surface area contributed by atoms with Crippen LogP contribution >= 0.6 is 0 Å². The van der Waals surface area contributed by atoms with Crippen LogP contribution in [0.5, 0.6) is 11.5 Å². The fraction of sp³-hybridized carbons (Fsp3) is 0.381. The second-order valence-corrected chi connectivity index (χ2v) is 7.15. The molecule has 0 aromatic heterocycles. The molecule has 0 atom stereocenters. The predicted molar refractivity (Wildman–Crippen MR) is 101 cm³/mol. The average Bonchev–Trinajstić information content (AvgIpc) is 3.14. The Balaban J connectivity index is 1.38. The zero-order chi connectivity index (χ0) is 17.9. The number of amides is 1. The van der Waals surface area contributed by atoms with Gasteiger partial charge in [0.1, 0.15) is 0 Å². The van der Waals surface area contributed by atoms with E-state index in [0.717, 1.165) is 18.2 Å². The number of nitrogens with one attached hydrogen (secondary N) is 1. The molecule has 2 heterocycles. The Morgan fingerprint density at radius 1 is 1.12 bits per heavy atom. The van der Waals surface area contributed by atoms with Crippen molar-refractivity contribution >= 4 is 11.6 Å². The van der Waals surface area contributed by atoms with Gasteiger partial charge in [-0.05, 0) is 61.7 Å². The van der Waals surface area contributed by atoms with Crippen LogP contribution in [0.2, 0.25) is 0 Å². The highest BCUT2D eigenvalue weighted by molar-refractivity contribution is 6.06. The molecule has 5 heteroatoms. The summed E-state index contributed by atoms with van der Waals surface area (Å²) in [5.74, 6) is 1.78. The first-order chi connectivity index (χ1) is 12.7. The van der Waals surface area contributed by atoms with Gasteiger partial charge in [0.05, 0.1) is 5.56 Å². The standard InChI is InChI=1S/C21H24N2O3/c1-15-9-11-23(12-10-15)13-16-5-7-17(8-6-16)22-21(24)18-3-2-4-19-20(18)26-14-25-19/h2-8,15H,9-14H2,1H3,(H,22,24). The Morgan fingerprint density at radius 2 is 1.88 bits per heavy atom. The van der Waals surface area contributed by atoms with Gasteiger partial charge in [0, 0.05) is 12.2 Å². The Kier molecular flexibility index (Phi) is 4.80. The highest BCUT2D eigenvalue weighted by Gasteiger charge is 2.22. The smallest absolute Gasteiger partial charge is 0.259 e. The molecule has 26 heavy (non-hydrogen) atoms. The molecule has 4 rings (SSSR count). The number of para-hydroxylation sites is 1. The van der Waals surface area contributed by atoms with E-state index in [1.165, 1.54) is 31.5 Å². The normalized spacial score (nSPS) is 17.3. The minimum absolute atomic E-state index is 0.156. The van der Waals surface area contributed by atoms with Crippen LogP contribution in [0.3, 0.4) is 0 Å². The summed E-state index contributed by atoms with van der Waals surface area (Å²) in [5.41, 5.74) is 2.55. The first-order valence-corrected chi connectivity index (χ1v) is 9.20. The molecular weight excluding hydrogens is 328 g/mol. The lowest BCUT2D eigenvalue weighted by Gasteiger charge is -2.30. The summed E-state index contributed by atoms with van der Waals surface area (Å²) in [6.45, 7) is 5.79. The molecule has 1 amide bonds. The first kappa shape index (κ1) is 16.9. The van der Waals surface area contributed by atoms with Gasteiger partial charge in [-0.2, -0.15) is 0 Å². The minimum atomic E-state index is -0.190. The summed E-state index contributed by atoms with van der Waals surface area (Å²) < 4.78 is 10.7. The van der Waals surface area contributed by atoms with Gasteiger partial charge >= 0.3 is 0 Å². The van der Waals surface area contributed by atoms with E-state index in [2.05, 4.69) is 29.3 Å². The molecule has 5 nitrogen and oxygen atoms in total. The zero-order valence-corrected chi connectivity index (χ0v) is 15.0. The lowest BCUT2D eigenvalue weighted by atomic mass is 9.99. The summed E-state index contributed by atoms with van der Waals surface area (Å²) in [7, 11) is 0. The first-order valence-electron chi connectivity index (χ1n) is 9.20. The van der Waals surface area contributed by atoms with E-state index in [4.69, 9.17) is 9.47 Å². The van der Waals surface area contributed by atoms with E-state index in [0.29, 0.717) is 17.1 Å². The minimum Gasteiger partial charge on any atom is -0.454 e. The maximum atomic E-state index is 12.6. The third kappa shape index (κ3) is 3.68. The summed E-state index contributed by atoms with van der Waals surface area (Å²) in [6, 6.07) is 13.4. The Bertz CT molecular complexity index is 780. The van der Waals surface area contributed by atoms with E-state index in [9.17, 15) is 4.79 Å². The van der Waals surface area contributed by atoms with E-state index < -0.39 is 0 Å². The van der Waals surface area contributed by atoms with Gasteiger partial charge in [0.2, 0.25) is 6.79 Å². The summed E-state index contributed by atoms with van der Waals surface area (Å²) in [6.07, 6.45) is 2.56. The molecule has 2 aromatic carbocycles. The van der Waals surface area contributed by atoms with Crippen LogP contribution in [-0.4, -0.2) is 30.7 Å². The van der Waals surface area contributed by atoms with Crippen molar-refractivity contribution in [3.05, 3.63) is 53.6 Å². The van der Waals surface area contributed by atoms with E-state index >= 15 is 0 Å². The predicted octanol–water partition coefficient (Wildman–Crippen LogP) is 3.90. The van der Waals surface area contributed by atoms with Crippen LogP contribution in [0.1, 0.15) is 35.7 Å². The van der Waals surface area contributed by atoms with Crippen molar-refractivity contribution in [3.8, 4) is 11.5 Å². The van der Waals surface area contributed by atoms with E-state index in [-0.39, 0.29) is 12.7 Å². The molecule has 0 spiro atoms. The summed E-state index contributed by atoms with van der Waals surface area (Å²) in [4.78, 5) is 15.0. The molecule has 136 valence electrons. The number of piperidine rings is 1. The van der Waals surface area contributed by atoms with Crippen molar-refractivity contribution in [1.29, 1.82) is 0 Å². The molecule has 2 aromatic rings. The SMILES string of the molecule is CC1CCN(Cc2ccc(NC(=O)c3cccc4c3OCO4)cc2)CC1. The van der Waals surface area contributed by atoms with Crippen LogP contribution in [0, 0.1) is 5.92 Å². The second kappa shape index (κ2) is 7.38. The quantitative estimate of drug-likeness (QED) is 0.907. The molecule has 0 aliphatic carbocycles. The number of hydrogen-bond acceptors (Lipinski definition) is 4. The Morgan fingerprint density at radius 3 is 2.65 bits per heavy atom. The monoisotopic (exact) mass is 352 g/mol. The Hall–Kier alpha value is -2.53. The van der Waals surface area contributed by atoms with E-state index in [1.54, 1.807) is 18.2 Å². The summed E-state index contributed by atoms with van der Waals surface area (Å²) >= 11 is 0. The van der Waals surface area contributed by atoms with Gasteiger partial charge in [0.15, 0.2) is 11.5 Å². The fourth-order valence-electron chi connectivity index (χ4n) is 3.48. The lowest BCUT2D eigenvalue weighted by molar-refractivity contribution is 0.102. The van der Waals surface area contributed by atoms with Crippen molar-refractivity contribution in [2.45, 2.75) is 26.3 Å². The largest absolute Gasteiger partial charge is 0.454 e. The van der Waals surface area contributed by atoms with Crippen molar-refractivity contribution < 1.29 is 14.3 Å². The third-order valence-corrected chi connectivity index (χ3v) is 5.14. The number of fused-ring (bicyclic) bond motifs is 1. The maximum absolute atomic E-state index is 12.6. The van der Waals surface area contributed by atoms with E-state index in [1.807, 2.05) is 12.1 Å². The number of anilines is 1. The van der Waals surface area contributed by atoms with Crippen LogP contribution in [-0.2, 0) is 6.54 Å². The van der Waals surface area contributed by atoms with Crippen molar-refractivity contribution in [3.63, 3.8) is 0 Å². The van der Waals surface area contributed by atoms with Crippen molar-refractivity contribution in [1.82, 2.24) is 4.90 Å². The highest BCUT2D eigenvalue weighted by atomic mass is 16.7. The highest BCUT2D eigenvalue weighted by Crippen LogP contribution is 2.35. The number of nitrogens with zero attached hydrogens (tertiary/aromatic N) is 1. The third-order valence-electron chi connectivity index (χ3n) is 5.14. The molecule has 1 fully saturated rings. The number of hydrogen-bond donors (Lipinski definition) is 1.